The summed E-state index contributed by atoms with van der Waals surface area (Å²) in [6.45, 7) is 19.2. The Hall–Kier alpha value is -11.5. The minimum Gasteiger partial charge on any atom is -0.495 e. The van der Waals surface area contributed by atoms with Crippen LogP contribution in [0.25, 0.3) is 11.3 Å². The molecule has 0 radical (unpaired) electrons. The van der Waals surface area contributed by atoms with Crippen LogP contribution in [-0.2, 0) is 100 Å². The first-order valence-corrected chi connectivity index (χ1v) is 42.6. The molecule has 120 heavy (non-hydrogen) atoms. The summed E-state index contributed by atoms with van der Waals surface area (Å²) in [5, 5.41) is 22.9. The number of sulfonamides is 1. The van der Waals surface area contributed by atoms with Crippen molar-refractivity contribution in [1.82, 2.24) is 19.9 Å². The number of hydrogen-bond acceptors (Lipinski definition) is 21. The normalized spacial score (nSPS) is 18.7. The van der Waals surface area contributed by atoms with E-state index in [1.165, 1.54) is 54.3 Å². The Kier molecular flexibility index (Phi) is 22.8. The molecule has 8 aliphatic carbocycles. The number of rotatable bonds is 16. The molecule has 0 amide bonds. The number of hydrogen-bond donors (Lipinski definition) is 2. The van der Waals surface area contributed by atoms with E-state index in [1.54, 1.807) is 67.3 Å². The van der Waals surface area contributed by atoms with Crippen LogP contribution in [0.5, 0.6) is 5.75 Å². The third kappa shape index (κ3) is 15.4. The number of aromatic nitrogens is 4. The van der Waals surface area contributed by atoms with Gasteiger partial charge in [-0.1, -0.05) is 83.0 Å². The van der Waals surface area contributed by atoms with Crippen molar-refractivity contribution in [3.63, 3.8) is 0 Å². The number of nitrogens with two attached hydrogens (primary N) is 1. The molecule has 5 heterocycles. The maximum atomic E-state index is 13.3. The molecule has 1 saturated heterocycles. The van der Waals surface area contributed by atoms with E-state index in [-0.39, 0.29) is 62.2 Å². The lowest BCUT2D eigenvalue weighted by molar-refractivity contribution is -0.385. The van der Waals surface area contributed by atoms with Crippen molar-refractivity contribution in [1.29, 1.82) is 0 Å². The number of nitrogens with one attached hydrogen (secondary N) is 1. The van der Waals surface area contributed by atoms with Crippen LogP contribution in [0.15, 0.2) is 189 Å². The fourth-order valence-electron chi connectivity index (χ4n) is 18.1. The maximum Gasteiger partial charge on any atom is 0.534 e. The Morgan fingerprint density at radius 2 is 0.967 bits per heavy atom. The van der Waals surface area contributed by atoms with Crippen molar-refractivity contribution in [2.45, 2.75) is 199 Å². The zero-order valence-electron chi connectivity index (χ0n) is 67.4. The third-order valence-corrected chi connectivity index (χ3v) is 28.5. The van der Waals surface area contributed by atoms with Gasteiger partial charge in [-0.15, -0.1) is 0 Å². The quantitative estimate of drug-likeness (QED) is 0.0173. The Morgan fingerprint density at radius 3 is 1.40 bits per heavy atom. The molecule has 4 saturated carbocycles. The average Bonchev–Trinajstić information content (AvgIpc) is 1.57. The number of pyridine rings is 4. The first-order chi connectivity index (χ1) is 56.8. The number of non-ortho nitro benzene ring substituents is 2. The summed E-state index contributed by atoms with van der Waals surface area (Å²) >= 11 is 0. The van der Waals surface area contributed by atoms with Gasteiger partial charge in [0.2, 0.25) is 0 Å². The summed E-state index contributed by atoms with van der Waals surface area (Å²) in [6, 6.07) is 34.9. The van der Waals surface area contributed by atoms with E-state index in [4.69, 9.17) is 19.8 Å². The van der Waals surface area contributed by atoms with Crippen molar-refractivity contribution < 1.29 is 77.3 Å². The molecule has 4 spiro atoms. The highest BCUT2D eigenvalue weighted by molar-refractivity contribution is 7.92. The number of nitrogen functional groups attached to an aromatic ring is 1. The number of nitrogens with zero attached hydrogens (tertiary/aromatic N) is 6. The van der Waals surface area contributed by atoms with E-state index in [1.807, 2.05) is 88.6 Å². The topological polar surface area (TPSA) is 349 Å². The Balaban J connectivity index is 0.000000125. The average molecular weight is 1670 g/mol. The van der Waals surface area contributed by atoms with Crippen LogP contribution in [0.1, 0.15) is 214 Å². The summed E-state index contributed by atoms with van der Waals surface area (Å²) < 4.78 is 108. The second-order valence-corrected chi connectivity index (χ2v) is 36.4. The van der Waals surface area contributed by atoms with Gasteiger partial charge in [0.25, 0.3) is 21.4 Å². The number of halogens is 3. The summed E-state index contributed by atoms with van der Waals surface area (Å²) in [5.74, 6) is 0.801. The van der Waals surface area contributed by atoms with Crippen molar-refractivity contribution in [3.05, 3.63) is 288 Å². The van der Waals surface area contributed by atoms with Gasteiger partial charge in [-0.2, -0.15) is 21.6 Å². The Bertz CT molecular complexity index is 5870. The van der Waals surface area contributed by atoms with Gasteiger partial charge < -0.3 is 24.0 Å². The van der Waals surface area contributed by atoms with E-state index in [9.17, 15) is 69.4 Å². The molecule has 9 aliphatic rings. The second kappa shape index (κ2) is 32.3. The predicted molar refractivity (Wildman–Crippen MR) is 445 cm³/mol. The minimum atomic E-state index is -5.67. The summed E-state index contributed by atoms with van der Waals surface area (Å²) in [5.41, 5.74) is 14.3. The molecule has 5 aromatic carbocycles. The van der Waals surface area contributed by atoms with Gasteiger partial charge in [-0.05, 0) is 229 Å². The van der Waals surface area contributed by atoms with Gasteiger partial charge >= 0.3 is 22.7 Å². The number of nitro groups is 2. The van der Waals surface area contributed by atoms with Gasteiger partial charge in [0.15, 0.2) is 0 Å². The number of methoxy groups -OCH3 is 1. The highest BCUT2D eigenvalue weighted by atomic mass is 32.2. The molecule has 9 aromatic rings. The van der Waals surface area contributed by atoms with Gasteiger partial charge in [0.05, 0.1) is 49.8 Å². The number of ketones is 4. The van der Waals surface area contributed by atoms with E-state index in [2.05, 4.69) is 61.9 Å². The number of fused-ring (bicyclic) bond motifs is 8. The van der Waals surface area contributed by atoms with Crippen LogP contribution in [0, 0.1) is 20.2 Å². The zero-order valence-corrected chi connectivity index (χ0v) is 69.0. The smallest absolute Gasteiger partial charge is 0.495 e. The number of Topliss-reactive ketones (excluding diaryl/α,β-unsaturated/α-hetero) is 4. The molecule has 3 N–H and O–H groups in total. The van der Waals surface area contributed by atoms with Gasteiger partial charge in [-0.25, -0.2) is 8.42 Å². The number of ether oxygens (including phenoxy) is 1. The zero-order chi connectivity index (χ0) is 86.0. The molecule has 2 unspecified atom stereocenters. The van der Waals surface area contributed by atoms with Crippen LogP contribution in [0.3, 0.4) is 0 Å². The van der Waals surface area contributed by atoms with Crippen LogP contribution in [0.4, 0.5) is 35.9 Å². The van der Waals surface area contributed by atoms with Crippen LogP contribution in [-0.4, -0.2) is 101 Å². The molecular formula is C90H90BF3N8O16S2. The molecule has 24 nitrogen and oxygen atoms in total. The van der Waals surface area contributed by atoms with E-state index >= 15 is 0 Å². The monoisotopic (exact) mass is 1670 g/mol. The fourth-order valence-corrected chi connectivity index (χ4v) is 19.8. The lowest BCUT2D eigenvalue weighted by atomic mass is 9.63. The first-order valence-electron chi connectivity index (χ1n) is 39.7. The molecule has 5 fully saturated rings. The van der Waals surface area contributed by atoms with E-state index in [0.29, 0.717) is 53.8 Å². The third-order valence-electron chi connectivity index (χ3n) is 26.1. The van der Waals surface area contributed by atoms with Gasteiger partial charge in [0, 0.05) is 134 Å². The number of anilines is 2. The molecule has 2 atom stereocenters. The van der Waals surface area contributed by atoms with Crippen LogP contribution in [0.2, 0.25) is 0 Å². The Labute approximate surface area is 693 Å². The first kappa shape index (κ1) is 85.0. The molecule has 622 valence electrons. The van der Waals surface area contributed by atoms with Crippen molar-refractivity contribution >= 4 is 89.9 Å². The van der Waals surface area contributed by atoms with E-state index < -0.39 is 75.8 Å². The SMILES string of the molecule is C=C(OS(=O)(=O)C(F)(F)F)c1cccnc1.C=C(c1cccnc1)c1cc([N+](=O)[O-])cc2c1CC(=O)C21CCC1.CC(c1cccnc1)c1cc(N)cc2c1CC(=O)C21CCC1.CC1(C)OB(c2cc([N+](=O)[O-])cc3c2CC(=O)C32CCC2)OC1(C)C.COc1ccccc1S(=O)(=O)Nc1cc(C(C)c2cccnc2)c2c(c1)C1(CCC1)C(=O)C2. The fraction of sp³-hybridized carbons (Fsp3) is 0.356. The van der Waals surface area contributed by atoms with Gasteiger partial charge in [-0.3, -0.25) is 64.1 Å². The summed E-state index contributed by atoms with van der Waals surface area (Å²) in [6.07, 6.45) is 25.6. The highest BCUT2D eigenvalue weighted by Gasteiger charge is 2.58. The van der Waals surface area contributed by atoms with Crippen molar-refractivity contribution in [2.75, 3.05) is 17.6 Å². The molecule has 18 rings (SSSR count). The summed E-state index contributed by atoms with van der Waals surface area (Å²) in [7, 11) is -8.81. The number of nitro benzene ring substituents is 2. The number of carbonyl (C=O) groups excluding carboxylic acids is 4. The molecular weight excluding hydrogens is 1580 g/mol. The molecule has 0 bridgehead atoms. The van der Waals surface area contributed by atoms with Crippen molar-refractivity contribution in [3.8, 4) is 5.75 Å². The van der Waals surface area contributed by atoms with E-state index in [0.717, 1.165) is 145 Å². The lowest BCUT2D eigenvalue weighted by Gasteiger charge is -2.38. The lowest BCUT2D eigenvalue weighted by Crippen LogP contribution is -2.41. The van der Waals surface area contributed by atoms with Gasteiger partial charge in [0.1, 0.15) is 39.5 Å². The largest absolute Gasteiger partial charge is 0.534 e. The molecule has 4 aromatic heterocycles. The Morgan fingerprint density at radius 1 is 0.550 bits per heavy atom. The van der Waals surface area contributed by atoms with Crippen LogP contribution < -0.4 is 20.7 Å². The minimum absolute atomic E-state index is 0.00411. The molecule has 30 heteroatoms. The number of alkyl halides is 3. The number of carbonyl (C=O) groups is 4. The maximum absolute atomic E-state index is 13.3. The van der Waals surface area contributed by atoms with Crippen LogP contribution >= 0.6 is 0 Å². The summed E-state index contributed by atoms with van der Waals surface area (Å²) in [4.78, 5) is 89.3. The predicted octanol–water partition coefficient (Wildman–Crippen LogP) is 15.9. The van der Waals surface area contributed by atoms with Crippen molar-refractivity contribution in [2.24, 2.45) is 0 Å². The highest BCUT2D eigenvalue weighted by Crippen LogP contribution is 2.57. The number of para-hydroxylation sites is 1. The standard InChI is InChI=1S/C26H26N2O4S.C19H16N2O3.C19H20N2O.C18H22BNO5.C8H6F3NO3S/c1-17(18-7-5-12-27-16-18)20-13-19(14-22-21(20)15-25(29)26(22)10-6-11-26)28-33(30,31)24-9-4-3-8-23(24)32-2;1-12(13-4-2-7-20-11-13)15-8-14(21(23)24)9-17-16(15)10-18(22)19(17)5-3-6-19;1-12(13-4-2-7-21-11-13)15-8-14(20)9-17-16(15)10-18(22)19(17)5-3-6-19;1-16(2)17(3,4)25-19(24-16)14-9-11(20(22)23)8-13-12(14)10-15(21)18(13)6-5-7-18;1-6(7-3-2-4-12-5-7)15-16(13,14)8(9,10)11/h3-5,7-9,12-14,16-17,28H,6,10-11,15H2,1-2H3;2,4,7-9,11H,1,3,5-6,10H2;2,4,7-9,11-12H,3,5-6,10,20H2,1H3;8-9H,5-7,10H2,1-4H3;2-5H,1H2. The molecule has 1 aliphatic heterocycles. The second-order valence-electron chi connectivity index (χ2n) is 33.2. The number of benzene rings is 5.